The maximum absolute atomic E-state index is 12.8. The number of hydrogen-bond acceptors (Lipinski definition) is 4. The van der Waals surface area contributed by atoms with Crippen molar-refractivity contribution in [2.24, 2.45) is 0 Å². The number of fused-ring (bicyclic) bond motifs is 1. The van der Waals surface area contributed by atoms with E-state index in [-0.39, 0.29) is 11.9 Å². The molecule has 0 spiro atoms. The van der Waals surface area contributed by atoms with E-state index in [2.05, 4.69) is 15.3 Å². The van der Waals surface area contributed by atoms with Crippen LogP contribution in [0.5, 0.6) is 0 Å². The zero-order valence-corrected chi connectivity index (χ0v) is 14.1. The Morgan fingerprint density at radius 1 is 1.29 bits per heavy atom. The van der Waals surface area contributed by atoms with Crippen molar-refractivity contribution >= 4 is 11.6 Å². The Labute approximate surface area is 141 Å². The Bertz CT molecular complexity index is 855. The van der Waals surface area contributed by atoms with Gasteiger partial charge in [-0.3, -0.25) is 19.1 Å². The molecule has 124 valence electrons. The van der Waals surface area contributed by atoms with Crippen LogP contribution in [0, 0.1) is 6.92 Å². The molecule has 1 amide bonds. The Morgan fingerprint density at radius 3 is 2.83 bits per heavy atom. The Hall–Kier alpha value is -2.73. The SMILES string of the molecule is Cc1ccccc1[C@H](C(=O)NCc1cnc2cnccn12)N(C)C. The summed E-state index contributed by atoms with van der Waals surface area (Å²) in [7, 11) is 3.83. The lowest BCUT2D eigenvalue weighted by Crippen LogP contribution is -2.37. The molecule has 0 saturated heterocycles. The summed E-state index contributed by atoms with van der Waals surface area (Å²) in [6.07, 6.45) is 7.00. The minimum absolute atomic E-state index is 0.0293. The van der Waals surface area contributed by atoms with Crippen LogP contribution in [0.3, 0.4) is 0 Å². The predicted octanol–water partition coefficient (Wildman–Crippen LogP) is 1.96. The second kappa shape index (κ2) is 6.80. The third kappa shape index (κ3) is 3.14. The fourth-order valence-corrected chi connectivity index (χ4v) is 2.85. The molecule has 0 saturated carbocycles. The maximum atomic E-state index is 12.8. The quantitative estimate of drug-likeness (QED) is 0.780. The van der Waals surface area contributed by atoms with Gasteiger partial charge in [-0.1, -0.05) is 24.3 Å². The van der Waals surface area contributed by atoms with Gasteiger partial charge in [0.1, 0.15) is 6.04 Å². The summed E-state index contributed by atoms with van der Waals surface area (Å²) in [4.78, 5) is 23.0. The zero-order chi connectivity index (χ0) is 17.1. The van der Waals surface area contributed by atoms with Crippen molar-refractivity contribution in [2.45, 2.75) is 19.5 Å². The Morgan fingerprint density at radius 2 is 2.08 bits per heavy atom. The van der Waals surface area contributed by atoms with Crippen molar-refractivity contribution in [2.75, 3.05) is 14.1 Å². The molecular formula is C18H21N5O. The number of nitrogens with zero attached hydrogens (tertiary/aromatic N) is 4. The first kappa shape index (κ1) is 16.1. The standard InChI is InChI=1S/C18H21N5O/c1-13-6-4-5-7-15(13)17(22(2)3)18(24)21-11-14-10-20-16-12-19-8-9-23(14)16/h4-10,12,17H,11H2,1-3H3,(H,21,24)/t17-/m1/s1. The highest BCUT2D eigenvalue weighted by molar-refractivity contribution is 5.83. The van der Waals surface area contributed by atoms with Crippen LogP contribution in [0.1, 0.15) is 22.9 Å². The van der Waals surface area contributed by atoms with Crippen molar-refractivity contribution in [3.8, 4) is 0 Å². The van der Waals surface area contributed by atoms with Crippen LogP contribution in [0.4, 0.5) is 0 Å². The number of nitrogens with one attached hydrogen (secondary N) is 1. The molecule has 3 rings (SSSR count). The molecule has 3 aromatic rings. The summed E-state index contributed by atoms with van der Waals surface area (Å²) in [5, 5.41) is 3.02. The van der Waals surface area contributed by atoms with E-state index in [1.165, 1.54) is 0 Å². The highest BCUT2D eigenvalue weighted by Crippen LogP contribution is 2.22. The molecule has 2 heterocycles. The third-order valence-corrected chi connectivity index (χ3v) is 4.09. The highest BCUT2D eigenvalue weighted by Gasteiger charge is 2.24. The number of hydrogen-bond donors (Lipinski definition) is 1. The van der Waals surface area contributed by atoms with Crippen molar-refractivity contribution in [3.05, 3.63) is 65.9 Å². The molecule has 6 nitrogen and oxygen atoms in total. The largest absolute Gasteiger partial charge is 0.349 e. The van der Waals surface area contributed by atoms with E-state index >= 15 is 0 Å². The lowest BCUT2D eigenvalue weighted by atomic mass is 10.00. The molecule has 6 heteroatoms. The number of aryl methyl sites for hydroxylation is 1. The molecule has 0 aliphatic carbocycles. The van der Waals surface area contributed by atoms with E-state index in [4.69, 9.17) is 0 Å². The van der Waals surface area contributed by atoms with Crippen LogP contribution in [-0.4, -0.2) is 39.3 Å². The van der Waals surface area contributed by atoms with Crippen LogP contribution in [0.25, 0.3) is 5.65 Å². The van der Waals surface area contributed by atoms with Crippen LogP contribution in [0.15, 0.2) is 49.1 Å². The van der Waals surface area contributed by atoms with Gasteiger partial charge in [-0.15, -0.1) is 0 Å². The molecule has 0 bridgehead atoms. The van der Waals surface area contributed by atoms with Gasteiger partial charge >= 0.3 is 0 Å². The summed E-state index contributed by atoms with van der Waals surface area (Å²) in [6.45, 7) is 2.44. The van der Waals surface area contributed by atoms with Crippen molar-refractivity contribution in [3.63, 3.8) is 0 Å². The van der Waals surface area contributed by atoms with Gasteiger partial charge in [-0.05, 0) is 32.1 Å². The lowest BCUT2D eigenvalue weighted by molar-refractivity contribution is -0.126. The first-order valence-electron chi connectivity index (χ1n) is 7.83. The van der Waals surface area contributed by atoms with Gasteiger partial charge in [-0.2, -0.15) is 0 Å². The molecule has 1 N–H and O–H groups in total. The molecule has 1 atom stereocenters. The zero-order valence-electron chi connectivity index (χ0n) is 14.1. The first-order chi connectivity index (χ1) is 11.6. The van der Waals surface area contributed by atoms with Gasteiger partial charge in [-0.25, -0.2) is 4.98 Å². The third-order valence-electron chi connectivity index (χ3n) is 4.09. The van der Waals surface area contributed by atoms with E-state index < -0.39 is 0 Å². The maximum Gasteiger partial charge on any atom is 0.242 e. The predicted molar refractivity (Wildman–Crippen MR) is 92.4 cm³/mol. The number of rotatable bonds is 5. The lowest BCUT2D eigenvalue weighted by Gasteiger charge is -2.25. The molecule has 0 aliphatic heterocycles. The number of carbonyl (C=O) groups is 1. The topological polar surface area (TPSA) is 62.5 Å². The summed E-state index contributed by atoms with van der Waals surface area (Å²) < 4.78 is 1.92. The number of aromatic nitrogens is 3. The Kier molecular flexibility index (Phi) is 4.57. The van der Waals surface area contributed by atoms with Crippen molar-refractivity contribution in [1.29, 1.82) is 0 Å². The molecule has 1 aromatic carbocycles. The van der Waals surface area contributed by atoms with Crippen molar-refractivity contribution in [1.82, 2.24) is 24.6 Å². The highest BCUT2D eigenvalue weighted by atomic mass is 16.2. The number of imidazole rings is 1. The van der Waals surface area contributed by atoms with Gasteiger partial charge in [0.05, 0.1) is 24.6 Å². The van der Waals surface area contributed by atoms with Gasteiger partial charge in [0.25, 0.3) is 0 Å². The molecule has 2 aromatic heterocycles. The molecule has 0 unspecified atom stereocenters. The molecule has 24 heavy (non-hydrogen) atoms. The van der Waals surface area contributed by atoms with Crippen molar-refractivity contribution < 1.29 is 4.79 Å². The van der Waals surface area contributed by atoms with Crippen LogP contribution in [0.2, 0.25) is 0 Å². The van der Waals surface area contributed by atoms with Crippen LogP contribution >= 0.6 is 0 Å². The fraction of sp³-hybridized carbons (Fsp3) is 0.278. The second-order valence-electron chi connectivity index (χ2n) is 5.99. The van der Waals surface area contributed by atoms with Gasteiger partial charge in [0, 0.05) is 12.4 Å². The van der Waals surface area contributed by atoms with E-state index in [1.807, 2.05) is 60.8 Å². The van der Waals surface area contributed by atoms with E-state index in [0.717, 1.165) is 22.5 Å². The molecule has 0 fully saturated rings. The minimum atomic E-state index is -0.327. The summed E-state index contributed by atoms with van der Waals surface area (Å²) in [5.74, 6) is -0.0293. The van der Waals surface area contributed by atoms with Gasteiger partial charge in [0.2, 0.25) is 5.91 Å². The molecule has 0 radical (unpaired) electrons. The number of carbonyl (C=O) groups excluding carboxylic acids is 1. The first-order valence-corrected chi connectivity index (χ1v) is 7.83. The second-order valence-corrected chi connectivity index (χ2v) is 5.99. The summed E-state index contributed by atoms with van der Waals surface area (Å²) >= 11 is 0. The van der Waals surface area contributed by atoms with Gasteiger partial charge in [0.15, 0.2) is 5.65 Å². The number of amides is 1. The van der Waals surface area contributed by atoms with E-state index in [9.17, 15) is 4.79 Å². The smallest absolute Gasteiger partial charge is 0.242 e. The fourth-order valence-electron chi connectivity index (χ4n) is 2.85. The monoisotopic (exact) mass is 323 g/mol. The normalized spacial score (nSPS) is 12.5. The number of likely N-dealkylation sites (N-methyl/N-ethyl adjacent to an activating group) is 1. The number of benzene rings is 1. The van der Waals surface area contributed by atoms with Crippen LogP contribution < -0.4 is 5.32 Å². The average Bonchev–Trinajstić information content (AvgIpc) is 2.98. The summed E-state index contributed by atoms with van der Waals surface area (Å²) in [5.41, 5.74) is 3.81. The van der Waals surface area contributed by atoms with E-state index in [0.29, 0.717) is 6.54 Å². The minimum Gasteiger partial charge on any atom is -0.349 e. The Balaban J connectivity index is 1.78. The van der Waals surface area contributed by atoms with E-state index in [1.54, 1.807) is 18.6 Å². The molecule has 0 aliphatic rings. The summed E-state index contributed by atoms with van der Waals surface area (Å²) in [6, 6.07) is 7.64. The average molecular weight is 323 g/mol. The molecular weight excluding hydrogens is 302 g/mol. The van der Waals surface area contributed by atoms with Gasteiger partial charge < -0.3 is 5.32 Å². The van der Waals surface area contributed by atoms with Crippen LogP contribution in [-0.2, 0) is 11.3 Å².